The number of nitrogens with one attached hydrogen (secondary N) is 2. The summed E-state index contributed by atoms with van der Waals surface area (Å²) < 4.78 is 0. The van der Waals surface area contributed by atoms with Crippen molar-refractivity contribution in [2.45, 2.75) is 6.92 Å². The average molecular weight is 392 g/mol. The van der Waals surface area contributed by atoms with Gasteiger partial charge in [-0.3, -0.25) is 9.59 Å². The Bertz CT molecular complexity index is 1020. The predicted octanol–water partition coefficient (Wildman–Crippen LogP) is 4.70. The molecule has 0 radical (unpaired) electrons. The smallest absolute Gasteiger partial charge is 0.261 e. The van der Waals surface area contributed by atoms with Gasteiger partial charge in [-0.2, -0.15) is 0 Å². The van der Waals surface area contributed by atoms with Crippen molar-refractivity contribution >= 4 is 40.9 Å². The molecule has 0 atom stereocenters. The molecule has 0 aliphatic carbocycles. The Hall–Kier alpha value is -3.44. The molecule has 1 heterocycles. The van der Waals surface area contributed by atoms with E-state index in [2.05, 4.69) is 15.6 Å². The van der Waals surface area contributed by atoms with Gasteiger partial charge in [0, 0.05) is 23.1 Å². The summed E-state index contributed by atoms with van der Waals surface area (Å²) in [5.74, 6) is -1.09. The molecular formula is C22H18ClN3O2. The van der Waals surface area contributed by atoms with Crippen LogP contribution in [0.25, 0.3) is 6.08 Å². The van der Waals surface area contributed by atoms with Gasteiger partial charge in [0.05, 0.1) is 0 Å². The van der Waals surface area contributed by atoms with Crippen molar-refractivity contribution in [2.75, 3.05) is 10.6 Å². The third-order valence-corrected chi connectivity index (χ3v) is 4.23. The minimum atomic E-state index is -0.546. The second-order valence-corrected chi connectivity index (χ2v) is 6.44. The van der Waals surface area contributed by atoms with Crippen LogP contribution in [0.1, 0.15) is 11.1 Å². The van der Waals surface area contributed by atoms with Crippen LogP contribution in [0, 0.1) is 6.92 Å². The third-order valence-electron chi connectivity index (χ3n) is 3.92. The summed E-state index contributed by atoms with van der Waals surface area (Å²) >= 11 is 6.10. The Kier molecular flexibility index (Phi) is 6.19. The fraction of sp³-hybridized carbons (Fsp3) is 0.0455. The topological polar surface area (TPSA) is 71.1 Å². The number of benzene rings is 2. The minimum absolute atomic E-state index is 0.0840. The monoisotopic (exact) mass is 391 g/mol. The van der Waals surface area contributed by atoms with E-state index in [4.69, 9.17) is 11.6 Å². The molecule has 6 heteroatoms. The maximum Gasteiger partial charge on any atom is 0.261 e. The molecule has 0 saturated carbocycles. The van der Waals surface area contributed by atoms with Crippen LogP contribution < -0.4 is 10.6 Å². The van der Waals surface area contributed by atoms with Gasteiger partial charge in [0.2, 0.25) is 0 Å². The van der Waals surface area contributed by atoms with E-state index in [0.717, 1.165) is 5.56 Å². The number of hydrogen-bond acceptors (Lipinski definition) is 3. The number of para-hydroxylation sites is 1. The van der Waals surface area contributed by atoms with E-state index in [1.807, 2.05) is 25.1 Å². The largest absolute Gasteiger partial charge is 0.322 e. The Morgan fingerprint density at radius 3 is 2.07 bits per heavy atom. The number of carbonyl (C=O) groups is 2. The quantitative estimate of drug-likeness (QED) is 0.286. The highest BCUT2D eigenvalue weighted by atomic mass is 35.5. The predicted molar refractivity (Wildman–Crippen MR) is 112 cm³/mol. The van der Waals surface area contributed by atoms with Gasteiger partial charge in [0.25, 0.3) is 11.8 Å². The lowest BCUT2D eigenvalue weighted by Crippen LogP contribution is -2.25. The summed E-state index contributed by atoms with van der Waals surface area (Å²) in [6.45, 7) is 1.95. The van der Waals surface area contributed by atoms with Gasteiger partial charge >= 0.3 is 0 Å². The van der Waals surface area contributed by atoms with Gasteiger partial charge in [0.1, 0.15) is 10.7 Å². The number of halogens is 1. The lowest BCUT2D eigenvalue weighted by molar-refractivity contribution is -0.118. The van der Waals surface area contributed by atoms with Crippen LogP contribution in [-0.2, 0) is 9.59 Å². The molecule has 1 aromatic heterocycles. The lowest BCUT2D eigenvalue weighted by atomic mass is 10.1. The Labute approximate surface area is 168 Å². The summed E-state index contributed by atoms with van der Waals surface area (Å²) in [6, 6.07) is 19.6. The molecule has 3 aromatic rings. The molecule has 2 aromatic carbocycles. The fourth-order valence-electron chi connectivity index (χ4n) is 2.45. The summed E-state index contributed by atoms with van der Waals surface area (Å²) in [4.78, 5) is 29.6. The van der Waals surface area contributed by atoms with Gasteiger partial charge in [0.15, 0.2) is 0 Å². The maximum atomic E-state index is 12.8. The maximum absolute atomic E-state index is 12.8. The highest BCUT2D eigenvalue weighted by molar-refractivity contribution is 6.32. The zero-order valence-electron chi connectivity index (χ0n) is 15.1. The molecule has 0 saturated heterocycles. The van der Waals surface area contributed by atoms with Crippen LogP contribution in [0.3, 0.4) is 0 Å². The Morgan fingerprint density at radius 2 is 1.46 bits per heavy atom. The van der Waals surface area contributed by atoms with Crippen molar-refractivity contribution < 1.29 is 9.59 Å². The van der Waals surface area contributed by atoms with E-state index >= 15 is 0 Å². The van der Waals surface area contributed by atoms with E-state index < -0.39 is 11.8 Å². The molecule has 140 valence electrons. The number of amides is 2. The van der Waals surface area contributed by atoms with Gasteiger partial charge in [-0.25, -0.2) is 4.98 Å². The van der Waals surface area contributed by atoms with E-state index in [1.54, 1.807) is 48.5 Å². The van der Waals surface area contributed by atoms with E-state index in [0.29, 0.717) is 16.9 Å². The molecule has 0 unspecified atom stereocenters. The van der Waals surface area contributed by atoms with Crippen molar-refractivity contribution in [2.24, 2.45) is 0 Å². The lowest BCUT2D eigenvalue weighted by Gasteiger charge is -2.11. The van der Waals surface area contributed by atoms with Crippen molar-refractivity contribution in [1.29, 1.82) is 0 Å². The summed E-state index contributed by atoms with van der Waals surface area (Å²) in [7, 11) is 0. The first-order valence-electron chi connectivity index (χ1n) is 8.59. The Balaban J connectivity index is 1.91. The standard InChI is InChI=1S/C22H18ClN3O2/c1-15-9-11-18(12-10-15)26-22(28)19(14-16-6-5-13-24-20(16)23)21(27)25-17-7-3-2-4-8-17/h2-14H,1H3,(H,25,27)(H,26,28). The highest BCUT2D eigenvalue weighted by Gasteiger charge is 2.19. The molecule has 2 N–H and O–H groups in total. The van der Waals surface area contributed by atoms with Gasteiger partial charge < -0.3 is 10.6 Å². The second-order valence-electron chi connectivity index (χ2n) is 6.08. The van der Waals surface area contributed by atoms with Crippen molar-refractivity contribution in [3.63, 3.8) is 0 Å². The van der Waals surface area contributed by atoms with E-state index in [1.165, 1.54) is 12.3 Å². The second kappa shape index (κ2) is 8.97. The number of anilines is 2. The first-order valence-corrected chi connectivity index (χ1v) is 8.97. The Morgan fingerprint density at radius 1 is 0.857 bits per heavy atom. The van der Waals surface area contributed by atoms with Crippen LogP contribution in [0.4, 0.5) is 11.4 Å². The van der Waals surface area contributed by atoms with Crippen LogP contribution in [-0.4, -0.2) is 16.8 Å². The average Bonchev–Trinajstić information content (AvgIpc) is 2.69. The highest BCUT2D eigenvalue weighted by Crippen LogP contribution is 2.18. The number of aryl methyl sites for hydroxylation is 1. The summed E-state index contributed by atoms with van der Waals surface area (Å²) in [5.41, 5.74) is 2.63. The molecule has 0 fully saturated rings. The number of carbonyl (C=O) groups excluding carboxylic acids is 2. The first kappa shape index (κ1) is 19.3. The molecule has 28 heavy (non-hydrogen) atoms. The van der Waals surface area contributed by atoms with Gasteiger partial charge in [-0.15, -0.1) is 0 Å². The van der Waals surface area contributed by atoms with Crippen molar-refractivity contribution in [1.82, 2.24) is 4.98 Å². The van der Waals surface area contributed by atoms with Gasteiger partial charge in [-0.1, -0.05) is 53.6 Å². The third kappa shape index (κ3) is 5.05. The number of nitrogens with zero attached hydrogens (tertiary/aromatic N) is 1. The van der Waals surface area contributed by atoms with E-state index in [-0.39, 0.29) is 10.7 Å². The van der Waals surface area contributed by atoms with Crippen LogP contribution >= 0.6 is 11.6 Å². The fourth-order valence-corrected chi connectivity index (χ4v) is 2.62. The molecule has 3 rings (SSSR count). The van der Waals surface area contributed by atoms with Crippen molar-refractivity contribution in [3.8, 4) is 0 Å². The van der Waals surface area contributed by atoms with Crippen LogP contribution in [0.2, 0.25) is 5.15 Å². The zero-order valence-corrected chi connectivity index (χ0v) is 15.9. The molecule has 0 aliphatic rings. The first-order chi connectivity index (χ1) is 13.5. The molecule has 0 spiro atoms. The molecule has 2 amide bonds. The summed E-state index contributed by atoms with van der Waals surface area (Å²) in [5, 5.41) is 5.67. The van der Waals surface area contributed by atoms with Crippen molar-refractivity contribution in [3.05, 3.63) is 94.8 Å². The van der Waals surface area contributed by atoms with Crippen LogP contribution in [0.5, 0.6) is 0 Å². The molecule has 5 nitrogen and oxygen atoms in total. The summed E-state index contributed by atoms with van der Waals surface area (Å²) in [6.07, 6.45) is 2.97. The number of hydrogen-bond donors (Lipinski definition) is 2. The minimum Gasteiger partial charge on any atom is -0.322 e. The number of pyridine rings is 1. The normalized spacial score (nSPS) is 11.0. The zero-order chi connectivity index (χ0) is 19.9. The molecule has 0 bridgehead atoms. The van der Waals surface area contributed by atoms with Gasteiger partial charge in [-0.05, 0) is 43.3 Å². The number of aromatic nitrogens is 1. The van der Waals surface area contributed by atoms with E-state index in [9.17, 15) is 9.59 Å². The SMILES string of the molecule is Cc1ccc(NC(=O)C(=Cc2cccnc2Cl)C(=O)Nc2ccccc2)cc1. The van der Waals surface area contributed by atoms with Crippen LogP contribution in [0.15, 0.2) is 78.5 Å². The molecule has 0 aliphatic heterocycles. The molecular weight excluding hydrogens is 374 g/mol. The number of rotatable bonds is 5.